The molecule has 2 aromatic rings. The third-order valence-corrected chi connectivity index (χ3v) is 4.77. The molecule has 8 heteroatoms. The highest BCUT2D eigenvalue weighted by Gasteiger charge is 2.39. The van der Waals surface area contributed by atoms with Gasteiger partial charge in [0, 0.05) is 18.8 Å². The third-order valence-electron chi connectivity index (χ3n) is 4.77. The number of nitrogens with zero attached hydrogens (tertiary/aromatic N) is 6. The monoisotopic (exact) mass is 340 g/mol. The molecule has 2 aliphatic rings. The molecule has 2 fully saturated rings. The highest BCUT2D eigenvalue weighted by molar-refractivity contribution is 5.59. The SMILES string of the molecule is Cc1cc(C)c(C#N)c(N2C[C@@H]3OCC(n4cncn4)CO[C@H]3C2)n1. The van der Waals surface area contributed by atoms with E-state index in [0.717, 1.165) is 17.1 Å². The van der Waals surface area contributed by atoms with Crippen molar-refractivity contribution < 1.29 is 9.47 Å². The van der Waals surface area contributed by atoms with Gasteiger partial charge in [-0.2, -0.15) is 10.4 Å². The number of ether oxygens (including phenoxy) is 2. The van der Waals surface area contributed by atoms with Gasteiger partial charge in [0.1, 0.15) is 42.8 Å². The average molecular weight is 340 g/mol. The fraction of sp³-hybridized carbons (Fsp3) is 0.529. The van der Waals surface area contributed by atoms with Gasteiger partial charge in [0.25, 0.3) is 0 Å². The topological polar surface area (TPSA) is 89.1 Å². The predicted molar refractivity (Wildman–Crippen MR) is 89.2 cm³/mol. The minimum Gasteiger partial charge on any atom is -0.371 e. The summed E-state index contributed by atoms with van der Waals surface area (Å²) in [6, 6.07) is 4.26. The van der Waals surface area contributed by atoms with Crippen molar-refractivity contribution in [2.75, 3.05) is 31.2 Å². The van der Waals surface area contributed by atoms with Crippen LogP contribution in [0, 0.1) is 25.2 Å². The zero-order valence-corrected chi connectivity index (χ0v) is 14.3. The van der Waals surface area contributed by atoms with Crippen molar-refractivity contribution in [1.29, 1.82) is 5.26 Å². The number of aryl methyl sites for hydroxylation is 2. The van der Waals surface area contributed by atoms with Crippen molar-refractivity contribution in [2.24, 2.45) is 0 Å². The Hall–Kier alpha value is -2.50. The summed E-state index contributed by atoms with van der Waals surface area (Å²) in [7, 11) is 0. The lowest BCUT2D eigenvalue weighted by atomic mass is 10.1. The fourth-order valence-corrected chi connectivity index (χ4v) is 3.50. The van der Waals surface area contributed by atoms with Crippen LogP contribution in [0.4, 0.5) is 5.82 Å². The molecule has 0 amide bonds. The quantitative estimate of drug-likeness (QED) is 0.806. The van der Waals surface area contributed by atoms with Crippen LogP contribution in [0.15, 0.2) is 18.7 Å². The van der Waals surface area contributed by atoms with Crippen LogP contribution in [0.5, 0.6) is 0 Å². The summed E-state index contributed by atoms with van der Waals surface area (Å²) in [4.78, 5) is 10.7. The van der Waals surface area contributed by atoms with E-state index in [9.17, 15) is 5.26 Å². The minimum absolute atomic E-state index is 0.0376. The molecule has 4 heterocycles. The molecule has 8 nitrogen and oxygen atoms in total. The highest BCUT2D eigenvalue weighted by atomic mass is 16.6. The maximum Gasteiger partial charge on any atom is 0.147 e. The molecule has 0 aromatic carbocycles. The minimum atomic E-state index is -0.0392. The Bertz CT molecular complexity index is 784. The van der Waals surface area contributed by atoms with Gasteiger partial charge in [-0.05, 0) is 25.5 Å². The van der Waals surface area contributed by atoms with Crippen LogP contribution in [-0.4, -0.2) is 58.3 Å². The molecule has 0 aliphatic carbocycles. The molecule has 0 N–H and O–H groups in total. The molecule has 0 unspecified atom stereocenters. The maximum absolute atomic E-state index is 9.50. The number of nitriles is 1. The van der Waals surface area contributed by atoms with Crippen LogP contribution in [0.25, 0.3) is 0 Å². The van der Waals surface area contributed by atoms with E-state index < -0.39 is 0 Å². The first-order valence-electron chi connectivity index (χ1n) is 8.36. The lowest BCUT2D eigenvalue weighted by Crippen LogP contribution is -2.27. The molecular weight excluding hydrogens is 320 g/mol. The summed E-state index contributed by atoms with van der Waals surface area (Å²) in [6.07, 6.45) is 3.12. The first-order valence-corrected chi connectivity index (χ1v) is 8.36. The van der Waals surface area contributed by atoms with Gasteiger partial charge in [0.15, 0.2) is 0 Å². The number of aromatic nitrogens is 4. The molecule has 2 saturated heterocycles. The van der Waals surface area contributed by atoms with Gasteiger partial charge >= 0.3 is 0 Å². The van der Waals surface area contributed by atoms with Gasteiger partial charge < -0.3 is 14.4 Å². The summed E-state index contributed by atoms with van der Waals surface area (Å²) >= 11 is 0. The van der Waals surface area contributed by atoms with Gasteiger partial charge in [0.2, 0.25) is 0 Å². The molecule has 25 heavy (non-hydrogen) atoms. The van der Waals surface area contributed by atoms with Gasteiger partial charge in [-0.25, -0.2) is 14.6 Å². The van der Waals surface area contributed by atoms with Crippen molar-refractivity contribution in [2.45, 2.75) is 32.1 Å². The predicted octanol–water partition coefficient (Wildman–Crippen LogP) is 1.01. The summed E-state index contributed by atoms with van der Waals surface area (Å²) in [5.74, 6) is 0.730. The number of hydrogen-bond donors (Lipinski definition) is 0. The number of hydrogen-bond acceptors (Lipinski definition) is 7. The Morgan fingerprint density at radius 1 is 1.20 bits per heavy atom. The van der Waals surface area contributed by atoms with E-state index in [1.807, 2.05) is 19.9 Å². The maximum atomic E-state index is 9.50. The Morgan fingerprint density at radius 3 is 2.52 bits per heavy atom. The average Bonchev–Trinajstić information content (AvgIpc) is 3.21. The standard InChI is InChI=1S/C17H20N6O2/c1-11-3-12(2)21-17(14(11)4-18)22-5-15-16(6-22)25-8-13(7-24-15)23-10-19-9-20-23/h3,9-10,13,15-16H,5-8H2,1-2H3/t15-,16-/m0/s1. The molecule has 0 radical (unpaired) electrons. The zero-order valence-electron chi connectivity index (χ0n) is 14.3. The number of pyridine rings is 1. The molecule has 0 bridgehead atoms. The summed E-state index contributed by atoms with van der Waals surface area (Å²) in [5.41, 5.74) is 2.49. The zero-order chi connectivity index (χ0) is 17.4. The lowest BCUT2D eigenvalue weighted by molar-refractivity contribution is -0.00461. The second-order valence-electron chi connectivity index (χ2n) is 6.57. The van der Waals surface area contributed by atoms with E-state index in [2.05, 4.69) is 26.0 Å². The van der Waals surface area contributed by atoms with Gasteiger partial charge in [-0.15, -0.1) is 0 Å². The first-order chi connectivity index (χ1) is 12.2. The van der Waals surface area contributed by atoms with E-state index in [4.69, 9.17) is 9.47 Å². The fourth-order valence-electron chi connectivity index (χ4n) is 3.50. The van der Waals surface area contributed by atoms with Gasteiger partial charge in [-0.1, -0.05) is 0 Å². The van der Waals surface area contributed by atoms with Gasteiger partial charge in [0.05, 0.1) is 18.8 Å². The largest absolute Gasteiger partial charge is 0.371 e. The van der Waals surface area contributed by atoms with Crippen LogP contribution >= 0.6 is 0 Å². The normalized spacial score (nSPS) is 24.0. The summed E-state index contributed by atoms with van der Waals surface area (Å²) in [5, 5.41) is 13.7. The van der Waals surface area contributed by atoms with Gasteiger partial charge in [-0.3, -0.25) is 0 Å². The number of rotatable bonds is 2. The second kappa shape index (κ2) is 6.43. The van der Waals surface area contributed by atoms with Crippen LogP contribution in [0.2, 0.25) is 0 Å². The smallest absolute Gasteiger partial charge is 0.147 e. The first kappa shape index (κ1) is 16.0. The van der Waals surface area contributed by atoms with Crippen molar-refractivity contribution in [3.05, 3.63) is 35.5 Å². The Morgan fingerprint density at radius 2 is 1.92 bits per heavy atom. The molecule has 0 saturated carbocycles. The molecule has 130 valence electrons. The van der Waals surface area contributed by atoms with Crippen molar-refractivity contribution >= 4 is 5.82 Å². The van der Waals surface area contributed by atoms with Crippen LogP contribution in [0.1, 0.15) is 22.9 Å². The molecule has 2 atom stereocenters. The Kier molecular flexibility index (Phi) is 4.11. The Labute approximate surface area is 146 Å². The van der Waals surface area contributed by atoms with Crippen LogP contribution < -0.4 is 4.90 Å². The van der Waals surface area contributed by atoms with Crippen LogP contribution in [0.3, 0.4) is 0 Å². The van der Waals surface area contributed by atoms with E-state index in [0.29, 0.717) is 31.9 Å². The van der Waals surface area contributed by atoms with Crippen molar-refractivity contribution in [3.63, 3.8) is 0 Å². The highest BCUT2D eigenvalue weighted by Crippen LogP contribution is 2.29. The van der Waals surface area contributed by atoms with E-state index in [1.54, 1.807) is 11.0 Å². The van der Waals surface area contributed by atoms with Crippen LogP contribution in [-0.2, 0) is 9.47 Å². The molecule has 2 aliphatic heterocycles. The van der Waals surface area contributed by atoms with Crippen molar-refractivity contribution in [1.82, 2.24) is 19.7 Å². The van der Waals surface area contributed by atoms with E-state index in [-0.39, 0.29) is 18.2 Å². The van der Waals surface area contributed by atoms with E-state index >= 15 is 0 Å². The summed E-state index contributed by atoms with van der Waals surface area (Å²) < 4.78 is 13.9. The van der Waals surface area contributed by atoms with E-state index in [1.165, 1.54) is 6.33 Å². The summed E-state index contributed by atoms with van der Waals surface area (Å²) in [6.45, 7) is 6.29. The molecule has 4 rings (SSSR count). The number of anilines is 1. The molecule has 0 spiro atoms. The number of fused-ring (bicyclic) bond motifs is 1. The Balaban J connectivity index is 1.51. The molecule has 2 aromatic heterocycles. The lowest BCUT2D eigenvalue weighted by Gasteiger charge is -2.21. The third kappa shape index (κ3) is 2.97. The van der Waals surface area contributed by atoms with Crippen molar-refractivity contribution in [3.8, 4) is 6.07 Å². The second-order valence-corrected chi connectivity index (χ2v) is 6.57. The molecular formula is C17H20N6O2.